The SMILES string of the molecule is CC(C)CN(C[C@@H](O)[C@H](Cc1ccccc1)NC(=O)CC1(c2ccccn2)CCCCC1)S(=O)(=O)c1ccc([N+](=O)[O-])cc1. The van der Waals surface area contributed by atoms with E-state index in [0.717, 1.165) is 55.5 Å². The molecule has 4 rings (SSSR count). The number of rotatable bonds is 14. The van der Waals surface area contributed by atoms with E-state index in [4.69, 9.17) is 0 Å². The van der Waals surface area contributed by atoms with Gasteiger partial charge in [-0.15, -0.1) is 0 Å². The van der Waals surface area contributed by atoms with Gasteiger partial charge in [-0.3, -0.25) is 19.9 Å². The van der Waals surface area contributed by atoms with E-state index in [0.29, 0.717) is 6.42 Å². The summed E-state index contributed by atoms with van der Waals surface area (Å²) >= 11 is 0. The molecule has 0 unspecified atom stereocenters. The van der Waals surface area contributed by atoms with Crippen LogP contribution in [-0.4, -0.2) is 58.9 Å². The summed E-state index contributed by atoms with van der Waals surface area (Å²) in [5.74, 6) is -0.284. The van der Waals surface area contributed by atoms with Gasteiger partial charge in [0.15, 0.2) is 0 Å². The number of amides is 1. The molecule has 2 atom stereocenters. The van der Waals surface area contributed by atoms with E-state index < -0.39 is 32.5 Å². The summed E-state index contributed by atoms with van der Waals surface area (Å²) in [6, 6.07) is 19.2. The number of benzene rings is 2. The van der Waals surface area contributed by atoms with Crippen molar-refractivity contribution in [3.05, 3.63) is 100 Å². The highest BCUT2D eigenvalue weighted by Gasteiger charge is 2.38. The molecule has 0 saturated heterocycles. The van der Waals surface area contributed by atoms with Gasteiger partial charge in [-0.25, -0.2) is 8.42 Å². The molecule has 236 valence electrons. The Morgan fingerprint density at radius 1 is 1.00 bits per heavy atom. The first-order chi connectivity index (χ1) is 21.0. The van der Waals surface area contributed by atoms with Crippen molar-refractivity contribution in [2.75, 3.05) is 13.1 Å². The summed E-state index contributed by atoms with van der Waals surface area (Å²) in [4.78, 5) is 28.7. The summed E-state index contributed by atoms with van der Waals surface area (Å²) in [6.07, 6.45) is 5.85. The maximum atomic E-state index is 13.7. The Hall–Kier alpha value is -3.67. The van der Waals surface area contributed by atoms with Crippen molar-refractivity contribution < 1.29 is 23.2 Å². The van der Waals surface area contributed by atoms with Crippen LogP contribution in [0.3, 0.4) is 0 Å². The van der Waals surface area contributed by atoms with Gasteiger partial charge in [0.05, 0.1) is 22.0 Å². The normalized spacial score (nSPS) is 16.4. The third kappa shape index (κ3) is 8.49. The van der Waals surface area contributed by atoms with Gasteiger partial charge < -0.3 is 10.4 Å². The topological polar surface area (TPSA) is 143 Å². The number of hydrogen-bond donors (Lipinski definition) is 2. The predicted octanol–water partition coefficient (Wildman–Crippen LogP) is 5.02. The summed E-state index contributed by atoms with van der Waals surface area (Å²) in [7, 11) is -4.11. The molecule has 2 N–H and O–H groups in total. The molecule has 3 aromatic rings. The van der Waals surface area contributed by atoms with Crippen LogP contribution in [0.1, 0.15) is 63.6 Å². The Labute approximate surface area is 259 Å². The molecular formula is C33H42N4O6S. The average molecular weight is 623 g/mol. The van der Waals surface area contributed by atoms with Crippen molar-refractivity contribution in [1.29, 1.82) is 0 Å². The molecule has 2 aromatic carbocycles. The number of aliphatic hydroxyl groups excluding tert-OH is 1. The van der Waals surface area contributed by atoms with Crippen LogP contribution in [0.4, 0.5) is 5.69 Å². The van der Waals surface area contributed by atoms with E-state index in [1.54, 1.807) is 6.20 Å². The van der Waals surface area contributed by atoms with Crippen molar-refractivity contribution in [3.8, 4) is 0 Å². The standard InChI is InChI=1S/C33H42N4O6S/c1-25(2)23-36(44(42,43)28-16-14-27(15-17-28)37(40)41)24-30(38)29(21-26-11-5-3-6-12-26)35-32(39)22-33(18-8-4-9-19-33)31-13-7-10-20-34-31/h3,5-7,10-17,20,25,29-30,38H,4,8-9,18-19,21-24H2,1-2H3,(H,35,39)/t29-,30+/m0/s1. The van der Waals surface area contributed by atoms with Crippen LogP contribution >= 0.6 is 0 Å². The molecule has 0 spiro atoms. The van der Waals surface area contributed by atoms with Gasteiger partial charge in [-0.05, 0) is 55.0 Å². The number of sulfonamides is 1. The zero-order valence-corrected chi connectivity index (χ0v) is 26.2. The number of nitrogens with one attached hydrogen (secondary N) is 1. The van der Waals surface area contributed by atoms with Gasteiger partial charge in [0.2, 0.25) is 15.9 Å². The fraction of sp³-hybridized carbons (Fsp3) is 0.455. The largest absolute Gasteiger partial charge is 0.390 e. The van der Waals surface area contributed by atoms with Crippen LogP contribution in [0.2, 0.25) is 0 Å². The Morgan fingerprint density at radius 2 is 1.66 bits per heavy atom. The molecule has 1 saturated carbocycles. The van der Waals surface area contributed by atoms with Gasteiger partial charge in [0.25, 0.3) is 5.69 Å². The number of carbonyl (C=O) groups excluding carboxylic acids is 1. The zero-order valence-electron chi connectivity index (χ0n) is 25.3. The molecule has 1 heterocycles. The number of non-ortho nitro benzene ring substituents is 1. The van der Waals surface area contributed by atoms with Crippen molar-refractivity contribution in [1.82, 2.24) is 14.6 Å². The van der Waals surface area contributed by atoms with Gasteiger partial charge in [-0.2, -0.15) is 4.31 Å². The summed E-state index contributed by atoms with van der Waals surface area (Å²) < 4.78 is 28.6. The highest BCUT2D eigenvalue weighted by Crippen LogP contribution is 2.41. The minimum Gasteiger partial charge on any atom is -0.390 e. The predicted molar refractivity (Wildman–Crippen MR) is 168 cm³/mol. The van der Waals surface area contributed by atoms with Crippen molar-refractivity contribution >= 4 is 21.6 Å². The fourth-order valence-corrected chi connectivity index (χ4v) is 7.67. The summed E-state index contributed by atoms with van der Waals surface area (Å²) in [5, 5.41) is 25.8. The second-order valence-corrected chi connectivity index (χ2v) is 14.1. The smallest absolute Gasteiger partial charge is 0.269 e. The Balaban J connectivity index is 1.58. The number of hydrogen-bond acceptors (Lipinski definition) is 7. The molecule has 1 aliphatic rings. The van der Waals surface area contributed by atoms with Crippen LogP contribution in [0.5, 0.6) is 0 Å². The third-order valence-electron chi connectivity index (χ3n) is 8.27. The van der Waals surface area contributed by atoms with Crippen LogP contribution in [0, 0.1) is 16.0 Å². The molecule has 1 fully saturated rings. The quantitative estimate of drug-likeness (QED) is 0.190. The van der Waals surface area contributed by atoms with E-state index >= 15 is 0 Å². The van der Waals surface area contributed by atoms with Crippen molar-refractivity contribution in [2.24, 2.45) is 5.92 Å². The number of pyridine rings is 1. The number of nitro benzene ring substituents is 1. The minimum absolute atomic E-state index is 0.0679. The number of aliphatic hydroxyl groups is 1. The van der Waals surface area contributed by atoms with Crippen LogP contribution in [0.25, 0.3) is 0 Å². The molecule has 0 bridgehead atoms. The van der Waals surface area contributed by atoms with E-state index in [-0.39, 0.29) is 41.9 Å². The fourth-order valence-electron chi connectivity index (χ4n) is 6.05. The van der Waals surface area contributed by atoms with Gasteiger partial charge in [0.1, 0.15) is 0 Å². The van der Waals surface area contributed by atoms with Gasteiger partial charge >= 0.3 is 0 Å². The maximum absolute atomic E-state index is 13.7. The molecule has 44 heavy (non-hydrogen) atoms. The molecule has 1 aromatic heterocycles. The first-order valence-electron chi connectivity index (χ1n) is 15.2. The summed E-state index contributed by atoms with van der Waals surface area (Å²) in [5.41, 5.74) is 1.18. The Kier molecular flexibility index (Phi) is 11.2. The van der Waals surface area contributed by atoms with Crippen LogP contribution in [0.15, 0.2) is 83.9 Å². The molecular weight excluding hydrogens is 580 g/mol. The van der Waals surface area contributed by atoms with Gasteiger partial charge in [-0.1, -0.05) is 69.5 Å². The number of aromatic nitrogens is 1. The lowest BCUT2D eigenvalue weighted by Crippen LogP contribution is -2.52. The van der Waals surface area contributed by atoms with Crippen molar-refractivity contribution in [3.63, 3.8) is 0 Å². The molecule has 10 nitrogen and oxygen atoms in total. The molecule has 1 aliphatic carbocycles. The second-order valence-electron chi connectivity index (χ2n) is 12.1. The highest BCUT2D eigenvalue weighted by atomic mass is 32.2. The first-order valence-corrected chi connectivity index (χ1v) is 16.6. The lowest BCUT2D eigenvalue weighted by atomic mass is 9.69. The molecule has 1 amide bonds. The molecule has 0 aliphatic heterocycles. The van der Waals surface area contributed by atoms with E-state index in [1.807, 2.05) is 62.4 Å². The number of nitrogens with zero attached hydrogens (tertiary/aromatic N) is 3. The average Bonchev–Trinajstić information content (AvgIpc) is 3.01. The van der Waals surface area contributed by atoms with E-state index in [1.165, 1.54) is 16.4 Å². The number of carbonyl (C=O) groups is 1. The van der Waals surface area contributed by atoms with E-state index in [2.05, 4.69) is 10.3 Å². The third-order valence-corrected chi connectivity index (χ3v) is 10.1. The lowest BCUT2D eigenvalue weighted by molar-refractivity contribution is -0.384. The molecule has 0 radical (unpaired) electrons. The van der Waals surface area contributed by atoms with Crippen LogP contribution < -0.4 is 5.32 Å². The molecule has 11 heteroatoms. The Morgan fingerprint density at radius 3 is 2.25 bits per heavy atom. The summed E-state index contributed by atoms with van der Waals surface area (Å²) in [6.45, 7) is 3.59. The lowest BCUT2D eigenvalue weighted by Gasteiger charge is -2.37. The Bertz CT molecular complexity index is 1480. The first kappa shape index (κ1) is 33.2. The van der Waals surface area contributed by atoms with Crippen molar-refractivity contribution in [2.45, 2.75) is 81.2 Å². The van der Waals surface area contributed by atoms with Crippen LogP contribution in [-0.2, 0) is 26.7 Å². The number of nitro groups is 1. The second kappa shape index (κ2) is 14.9. The minimum atomic E-state index is -4.11. The highest BCUT2D eigenvalue weighted by molar-refractivity contribution is 7.89. The maximum Gasteiger partial charge on any atom is 0.269 e. The van der Waals surface area contributed by atoms with Gasteiger partial charge in [0, 0.05) is 48.9 Å². The van der Waals surface area contributed by atoms with E-state index in [9.17, 15) is 28.4 Å². The zero-order chi connectivity index (χ0) is 31.7. The monoisotopic (exact) mass is 622 g/mol.